The minimum atomic E-state index is -0.410. The molecule has 1 unspecified atom stereocenters. The number of ether oxygens (including phenoxy) is 1. The topological polar surface area (TPSA) is 42.4 Å². The molecule has 0 bridgehead atoms. The third-order valence-electron chi connectivity index (χ3n) is 2.66. The van der Waals surface area contributed by atoms with Crippen LogP contribution in [0.4, 0.5) is 0 Å². The molecule has 1 heterocycles. The lowest BCUT2D eigenvalue weighted by molar-refractivity contribution is 0.00302. The molecule has 1 aromatic heterocycles. The molecule has 0 aliphatic rings. The summed E-state index contributed by atoms with van der Waals surface area (Å²) in [5, 5.41) is 9.96. The SMILES string of the molecule is COC(C)(C)CCC(O)c1scnc1C. The molecule has 0 radical (unpaired) electrons. The molecule has 0 aliphatic heterocycles. The Balaban J connectivity index is 2.50. The van der Waals surface area contributed by atoms with E-state index in [9.17, 15) is 5.11 Å². The molecule has 0 aromatic carbocycles. The molecule has 0 fully saturated rings. The number of nitrogens with zero attached hydrogens (tertiary/aromatic N) is 1. The van der Waals surface area contributed by atoms with Crippen LogP contribution in [0.5, 0.6) is 0 Å². The van der Waals surface area contributed by atoms with Crippen molar-refractivity contribution in [1.29, 1.82) is 0 Å². The minimum absolute atomic E-state index is 0.167. The molecule has 1 atom stereocenters. The molecule has 0 amide bonds. The lowest BCUT2D eigenvalue weighted by atomic mass is 9.99. The van der Waals surface area contributed by atoms with Gasteiger partial charge in [-0.1, -0.05) is 0 Å². The van der Waals surface area contributed by atoms with Gasteiger partial charge in [0.1, 0.15) is 0 Å². The number of aliphatic hydroxyl groups is 1. The van der Waals surface area contributed by atoms with Crippen LogP contribution in [0.25, 0.3) is 0 Å². The maximum atomic E-state index is 9.96. The van der Waals surface area contributed by atoms with Gasteiger partial charge in [-0.05, 0) is 33.6 Å². The summed E-state index contributed by atoms with van der Waals surface area (Å²) in [7, 11) is 1.70. The standard InChI is InChI=1S/C11H19NO2S/c1-8-10(15-7-12-8)9(13)5-6-11(2,3)14-4/h7,9,13H,5-6H2,1-4H3. The lowest BCUT2D eigenvalue weighted by Crippen LogP contribution is -2.23. The smallest absolute Gasteiger partial charge is 0.0901 e. The van der Waals surface area contributed by atoms with Crippen LogP contribution in [-0.4, -0.2) is 22.8 Å². The van der Waals surface area contributed by atoms with E-state index in [0.29, 0.717) is 6.42 Å². The van der Waals surface area contributed by atoms with Gasteiger partial charge in [0.25, 0.3) is 0 Å². The van der Waals surface area contributed by atoms with Gasteiger partial charge in [0, 0.05) is 7.11 Å². The molecule has 0 aliphatic carbocycles. The quantitative estimate of drug-likeness (QED) is 0.844. The fraction of sp³-hybridized carbons (Fsp3) is 0.727. The number of aryl methyl sites for hydroxylation is 1. The van der Waals surface area contributed by atoms with Gasteiger partial charge >= 0.3 is 0 Å². The lowest BCUT2D eigenvalue weighted by Gasteiger charge is -2.23. The fourth-order valence-electron chi connectivity index (χ4n) is 1.35. The van der Waals surface area contributed by atoms with Crippen LogP contribution in [0, 0.1) is 6.92 Å². The van der Waals surface area contributed by atoms with Crippen molar-refractivity contribution in [1.82, 2.24) is 4.98 Å². The van der Waals surface area contributed by atoms with Crippen LogP contribution < -0.4 is 0 Å². The normalized spacial score (nSPS) is 14.2. The maximum Gasteiger partial charge on any atom is 0.0901 e. The van der Waals surface area contributed by atoms with E-state index in [1.807, 2.05) is 20.8 Å². The zero-order chi connectivity index (χ0) is 11.5. The molecule has 4 heteroatoms. The molecule has 1 N–H and O–H groups in total. The van der Waals surface area contributed by atoms with Gasteiger partial charge < -0.3 is 9.84 Å². The molecule has 0 saturated heterocycles. The highest BCUT2D eigenvalue weighted by Crippen LogP contribution is 2.28. The second kappa shape index (κ2) is 5.05. The Bertz CT molecular complexity index is 309. The summed E-state index contributed by atoms with van der Waals surface area (Å²) in [5.74, 6) is 0. The summed E-state index contributed by atoms with van der Waals surface area (Å²) >= 11 is 1.51. The van der Waals surface area contributed by atoms with E-state index in [2.05, 4.69) is 4.98 Å². The summed E-state index contributed by atoms with van der Waals surface area (Å²) in [5.41, 5.74) is 2.54. The molecule has 86 valence electrons. The van der Waals surface area contributed by atoms with Crippen molar-refractivity contribution in [3.63, 3.8) is 0 Å². The zero-order valence-corrected chi connectivity index (χ0v) is 10.6. The van der Waals surface area contributed by atoms with E-state index < -0.39 is 6.10 Å². The van der Waals surface area contributed by atoms with E-state index in [4.69, 9.17) is 4.74 Å². The second-order valence-electron chi connectivity index (χ2n) is 4.32. The van der Waals surface area contributed by atoms with Crippen molar-refractivity contribution in [2.45, 2.75) is 45.3 Å². The number of aliphatic hydroxyl groups excluding tert-OH is 1. The Morgan fingerprint density at radius 2 is 2.27 bits per heavy atom. The Morgan fingerprint density at radius 3 is 2.73 bits per heavy atom. The van der Waals surface area contributed by atoms with Gasteiger partial charge in [0.2, 0.25) is 0 Å². The van der Waals surface area contributed by atoms with Crippen LogP contribution in [0.3, 0.4) is 0 Å². The Labute approximate surface area is 95.1 Å². The highest BCUT2D eigenvalue weighted by atomic mass is 32.1. The van der Waals surface area contributed by atoms with Crippen LogP contribution in [0.15, 0.2) is 5.51 Å². The van der Waals surface area contributed by atoms with Crippen LogP contribution >= 0.6 is 11.3 Å². The van der Waals surface area contributed by atoms with Gasteiger partial charge in [-0.25, -0.2) is 4.98 Å². The largest absolute Gasteiger partial charge is 0.388 e. The summed E-state index contributed by atoms with van der Waals surface area (Å²) in [6.45, 7) is 5.98. The van der Waals surface area contributed by atoms with E-state index in [0.717, 1.165) is 17.0 Å². The van der Waals surface area contributed by atoms with Crippen LogP contribution in [-0.2, 0) is 4.74 Å². The van der Waals surface area contributed by atoms with Gasteiger partial charge in [-0.2, -0.15) is 0 Å². The highest BCUT2D eigenvalue weighted by Gasteiger charge is 2.20. The van der Waals surface area contributed by atoms with Crippen molar-refractivity contribution in [3.8, 4) is 0 Å². The monoisotopic (exact) mass is 229 g/mol. The summed E-state index contributed by atoms with van der Waals surface area (Å²) < 4.78 is 5.31. The number of rotatable bonds is 5. The van der Waals surface area contributed by atoms with Crippen LogP contribution in [0.2, 0.25) is 0 Å². The average Bonchev–Trinajstić information content (AvgIpc) is 2.61. The first-order valence-corrected chi connectivity index (χ1v) is 5.97. The summed E-state index contributed by atoms with van der Waals surface area (Å²) in [6.07, 6.45) is 1.14. The van der Waals surface area contributed by atoms with E-state index >= 15 is 0 Å². The Morgan fingerprint density at radius 1 is 1.60 bits per heavy atom. The molecular formula is C11H19NO2S. The molecule has 1 aromatic rings. The molecule has 3 nitrogen and oxygen atoms in total. The van der Waals surface area contributed by atoms with Gasteiger partial charge in [-0.3, -0.25) is 0 Å². The molecular weight excluding hydrogens is 210 g/mol. The number of hydrogen-bond acceptors (Lipinski definition) is 4. The number of thiazole rings is 1. The first-order chi connectivity index (χ1) is 6.96. The number of aromatic nitrogens is 1. The molecule has 1 rings (SSSR count). The van der Waals surface area contributed by atoms with Gasteiger partial charge in [-0.15, -0.1) is 11.3 Å². The van der Waals surface area contributed by atoms with Crippen molar-refractivity contribution in [2.75, 3.05) is 7.11 Å². The van der Waals surface area contributed by atoms with E-state index in [1.54, 1.807) is 12.6 Å². The first kappa shape index (κ1) is 12.6. The highest BCUT2D eigenvalue weighted by molar-refractivity contribution is 7.09. The average molecular weight is 229 g/mol. The second-order valence-corrected chi connectivity index (χ2v) is 5.21. The number of hydrogen-bond donors (Lipinski definition) is 1. The zero-order valence-electron chi connectivity index (χ0n) is 9.78. The van der Waals surface area contributed by atoms with Gasteiger partial charge in [0.15, 0.2) is 0 Å². The van der Waals surface area contributed by atoms with Crippen LogP contribution in [0.1, 0.15) is 43.4 Å². The van der Waals surface area contributed by atoms with E-state index in [-0.39, 0.29) is 5.60 Å². The van der Waals surface area contributed by atoms with Crippen molar-refractivity contribution >= 4 is 11.3 Å². The van der Waals surface area contributed by atoms with Crippen molar-refractivity contribution < 1.29 is 9.84 Å². The first-order valence-electron chi connectivity index (χ1n) is 5.09. The minimum Gasteiger partial charge on any atom is -0.388 e. The van der Waals surface area contributed by atoms with Crippen molar-refractivity contribution in [3.05, 3.63) is 16.1 Å². The molecule has 0 saturated carbocycles. The molecule has 0 spiro atoms. The Kier molecular flexibility index (Phi) is 4.25. The predicted octanol–water partition coefficient (Wildman–Crippen LogP) is 2.69. The van der Waals surface area contributed by atoms with E-state index in [1.165, 1.54) is 11.3 Å². The summed E-state index contributed by atoms with van der Waals surface area (Å²) in [4.78, 5) is 5.10. The third-order valence-corrected chi connectivity index (χ3v) is 3.69. The predicted molar refractivity (Wildman–Crippen MR) is 62.1 cm³/mol. The number of methoxy groups -OCH3 is 1. The van der Waals surface area contributed by atoms with Gasteiger partial charge in [0.05, 0.1) is 27.8 Å². The van der Waals surface area contributed by atoms with Crippen molar-refractivity contribution in [2.24, 2.45) is 0 Å². The maximum absolute atomic E-state index is 9.96. The summed E-state index contributed by atoms with van der Waals surface area (Å²) in [6, 6.07) is 0. The third kappa shape index (κ3) is 3.55. The molecule has 15 heavy (non-hydrogen) atoms. The fourth-order valence-corrected chi connectivity index (χ4v) is 2.17. The Hall–Kier alpha value is -0.450.